The molecule has 1 fully saturated rings. The smallest absolute Gasteiger partial charge is 0.248 e. The summed E-state index contributed by atoms with van der Waals surface area (Å²) >= 11 is 0. The van der Waals surface area contributed by atoms with Gasteiger partial charge >= 0.3 is 0 Å². The molecule has 5 nitrogen and oxygen atoms in total. The number of nitrogens with one attached hydrogen (secondary N) is 1. The Balaban J connectivity index is 0.00000220. The quantitative estimate of drug-likeness (QED) is 0.791. The number of hydrogen-bond donors (Lipinski definition) is 3. The van der Waals surface area contributed by atoms with E-state index in [2.05, 4.69) is 5.32 Å². The van der Waals surface area contributed by atoms with Crippen LogP contribution in [0.2, 0.25) is 0 Å². The summed E-state index contributed by atoms with van der Waals surface area (Å²) in [5.74, 6) is -0.166. The van der Waals surface area contributed by atoms with Gasteiger partial charge in [0.15, 0.2) is 0 Å². The lowest BCUT2D eigenvalue weighted by molar-refractivity contribution is -0.120. The molecule has 1 aliphatic carbocycles. The zero-order chi connectivity index (χ0) is 14.7. The Labute approximate surface area is 130 Å². The summed E-state index contributed by atoms with van der Waals surface area (Å²) in [5, 5.41) is 2.91. The van der Waals surface area contributed by atoms with Gasteiger partial charge in [-0.2, -0.15) is 0 Å². The van der Waals surface area contributed by atoms with Crippen molar-refractivity contribution in [3.8, 4) is 0 Å². The summed E-state index contributed by atoms with van der Waals surface area (Å²) < 4.78 is 0. The molecule has 0 radical (unpaired) electrons. The molecule has 0 aromatic heterocycles. The Bertz CT molecular complexity index is 534. The van der Waals surface area contributed by atoms with E-state index in [1.165, 1.54) is 0 Å². The maximum atomic E-state index is 12.3. The van der Waals surface area contributed by atoms with Crippen molar-refractivity contribution in [2.24, 2.45) is 23.3 Å². The van der Waals surface area contributed by atoms with E-state index in [1.807, 2.05) is 0 Å². The Kier molecular flexibility index (Phi) is 6.18. The standard InChI is InChI=1S/C15H21N3O2.ClH/c1-9-7-11(5-6-12(9)14(17)19)18-15(20)13-4-2-3-10(13)8-16;/h5-7,10,13H,2-4,8,16H2,1H3,(H2,17,19)(H,18,20);1H/t10-,13-;/m1./s1. The minimum Gasteiger partial charge on any atom is -0.366 e. The van der Waals surface area contributed by atoms with Crippen LogP contribution in [0.1, 0.15) is 35.2 Å². The van der Waals surface area contributed by atoms with Gasteiger partial charge in [-0.25, -0.2) is 0 Å². The second-order valence-corrected chi connectivity index (χ2v) is 5.42. The molecule has 116 valence electrons. The van der Waals surface area contributed by atoms with Crippen molar-refractivity contribution in [2.75, 3.05) is 11.9 Å². The number of hydrogen-bond acceptors (Lipinski definition) is 3. The average Bonchev–Trinajstić information content (AvgIpc) is 2.86. The summed E-state index contributed by atoms with van der Waals surface area (Å²) in [4.78, 5) is 23.4. The minimum atomic E-state index is -0.459. The average molecular weight is 312 g/mol. The minimum absolute atomic E-state index is 0. The molecule has 2 rings (SSSR count). The molecule has 1 aromatic rings. The third-order valence-electron chi connectivity index (χ3n) is 4.06. The molecule has 2 atom stereocenters. The zero-order valence-corrected chi connectivity index (χ0v) is 12.9. The van der Waals surface area contributed by atoms with Crippen LogP contribution >= 0.6 is 12.4 Å². The fraction of sp³-hybridized carbons (Fsp3) is 0.467. The second-order valence-electron chi connectivity index (χ2n) is 5.42. The van der Waals surface area contributed by atoms with Gasteiger partial charge < -0.3 is 16.8 Å². The molecule has 0 spiro atoms. The van der Waals surface area contributed by atoms with Gasteiger partial charge in [-0.3, -0.25) is 9.59 Å². The molecule has 2 amide bonds. The van der Waals surface area contributed by atoms with Crippen LogP contribution in [-0.2, 0) is 4.79 Å². The molecule has 0 unspecified atom stereocenters. The van der Waals surface area contributed by atoms with Crippen molar-refractivity contribution in [3.63, 3.8) is 0 Å². The molecule has 6 heteroatoms. The molecular weight excluding hydrogens is 290 g/mol. The molecular formula is C15H22ClN3O2. The van der Waals surface area contributed by atoms with E-state index in [1.54, 1.807) is 25.1 Å². The number of aryl methyl sites for hydroxylation is 1. The van der Waals surface area contributed by atoms with Crippen LogP contribution in [0.25, 0.3) is 0 Å². The lowest BCUT2D eigenvalue weighted by Gasteiger charge is -2.17. The van der Waals surface area contributed by atoms with Gasteiger partial charge in [0, 0.05) is 17.2 Å². The summed E-state index contributed by atoms with van der Waals surface area (Å²) in [5.41, 5.74) is 12.9. The first-order valence-corrected chi connectivity index (χ1v) is 6.94. The van der Waals surface area contributed by atoms with E-state index in [-0.39, 0.29) is 30.2 Å². The fourth-order valence-corrected chi connectivity index (χ4v) is 2.92. The Morgan fingerprint density at radius 3 is 2.62 bits per heavy atom. The molecule has 0 heterocycles. The first-order valence-electron chi connectivity index (χ1n) is 6.94. The van der Waals surface area contributed by atoms with Gasteiger partial charge in [0.1, 0.15) is 0 Å². The van der Waals surface area contributed by atoms with E-state index >= 15 is 0 Å². The van der Waals surface area contributed by atoms with E-state index in [9.17, 15) is 9.59 Å². The van der Waals surface area contributed by atoms with Gasteiger partial charge in [0.2, 0.25) is 11.8 Å². The van der Waals surface area contributed by atoms with E-state index in [0.29, 0.717) is 17.8 Å². The molecule has 5 N–H and O–H groups in total. The van der Waals surface area contributed by atoms with Crippen LogP contribution in [0, 0.1) is 18.8 Å². The predicted octanol–water partition coefficient (Wildman–Crippen LogP) is 1.83. The summed E-state index contributed by atoms with van der Waals surface area (Å²) in [7, 11) is 0. The van der Waals surface area contributed by atoms with Gasteiger partial charge in [0.05, 0.1) is 0 Å². The van der Waals surface area contributed by atoms with Crippen molar-refractivity contribution in [1.29, 1.82) is 0 Å². The second kappa shape index (κ2) is 7.43. The summed E-state index contributed by atoms with van der Waals surface area (Å²) in [6.07, 6.45) is 2.97. The van der Waals surface area contributed by atoms with Gasteiger partial charge in [-0.05, 0) is 56.0 Å². The molecule has 21 heavy (non-hydrogen) atoms. The molecule has 0 saturated heterocycles. The zero-order valence-electron chi connectivity index (χ0n) is 12.1. The van der Waals surface area contributed by atoms with Crippen LogP contribution in [0.15, 0.2) is 18.2 Å². The number of rotatable bonds is 4. The normalized spacial score (nSPS) is 20.7. The number of nitrogens with two attached hydrogens (primary N) is 2. The molecule has 0 bridgehead atoms. The van der Waals surface area contributed by atoms with Crippen molar-refractivity contribution in [2.45, 2.75) is 26.2 Å². The molecule has 1 aromatic carbocycles. The van der Waals surface area contributed by atoms with Crippen LogP contribution in [0.4, 0.5) is 5.69 Å². The molecule has 1 saturated carbocycles. The highest BCUT2D eigenvalue weighted by molar-refractivity contribution is 5.96. The number of amides is 2. The number of benzene rings is 1. The summed E-state index contributed by atoms with van der Waals surface area (Å²) in [6.45, 7) is 2.35. The molecule has 0 aliphatic heterocycles. The third-order valence-corrected chi connectivity index (χ3v) is 4.06. The van der Waals surface area contributed by atoms with E-state index in [4.69, 9.17) is 11.5 Å². The number of carbonyl (C=O) groups excluding carboxylic acids is 2. The first kappa shape index (κ1) is 17.5. The topological polar surface area (TPSA) is 98.2 Å². The Hall–Kier alpha value is -1.59. The number of halogens is 1. The Morgan fingerprint density at radius 1 is 1.33 bits per heavy atom. The van der Waals surface area contributed by atoms with Gasteiger partial charge in [0.25, 0.3) is 0 Å². The number of primary amides is 1. The van der Waals surface area contributed by atoms with Crippen LogP contribution in [0.5, 0.6) is 0 Å². The predicted molar refractivity (Wildman–Crippen MR) is 85.5 cm³/mol. The van der Waals surface area contributed by atoms with Crippen molar-refractivity contribution in [3.05, 3.63) is 29.3 Å². The third kappa shape index (κ3) is 3.95. The van der Waals surface area contributed by atoms with E-state index < -0.39 is 5.91 Å². The lowest BCUT2D eigenvalue weighted by atomic mass is 9.95. The van der Waals surface area contributed by atoms with E-state index in [0.717, 1.165) is 24.8 Å². The fourth-order valence-electron chi connectivity index (χ4n) is 2.92. The molecule has 1 aliphatic rings. The van der Waals surface area contributed by atoms with Crippen LogP contribution < -0.4 is 16.8 Å². The van der Waals surface area contributed by atoms with Gasteiger partial charge in [-0.1, -0.05) is 6.42 Å². The lowest BCUT2D eigenvalue weighted by Crippen LogP contribution is -2.29. The SMILES string of the molecule is Cc1cc(NC(=O)[C@@H]2CCC[C@@H]2CN)ccc1C(N)=O.Cl. The first-order chi connectivity index (χ1) is 9.52. The highest BCUT2D eigenvalue weighted by Crippen LogP contribution is 2.32. The maximum Gasteiger partial charge on any atom is 0.248 e. The van der Waals surface area contributed by atoms with Crippen LogP contribution in [0.3, 0.4) is 0 Å². The van der Waals surface area contributed by atoms with Crippen LogP contribution in [-0.4, -0.2) is 18.4 Å². The monoisotopic (exact) mass is 311 g/mol. The van der Waals surface area contributed by atoms with Gasteiger partial charge in [-0.15, -0.1) is 12.4 Å². The highest BCUT2D eigenvalue weighted by atomic mass is 35.5. The Morgan fingerprint density at radius 2 is 2.05 bits per heavy atom. The largest absolute Gasteiger partial charge is 0.366 e. The number of carbonyl (C=O) groups is 2. The van der Waals surface area contributed by atoms with Crippen molar-refractivity contribution >= 4 is 29.9 Å². The maximum absolute atomic E-state index is 12.3. The van der Waals surface area contributed by atoms with Crippen molar-refractivity contribution < 1.29 is 9.59 Å². The highest BCUT2D eigenvalue weighted by Gasteiger charge is 2.31. The summed E-state index contributed by atoms with van der Waals surface area (Å²) in [6, 6.07) is 5.12. The number of anilines is 1. The van der Waals surface area contributed by atoms with Crippen molar-refractivity contribution in [1.82, 2.24) is 0 Å².